The smallest absolute Gasteiger partial charge is 0.341 e. The molecule has 0 saturated carbocycles. The minimum Gasteiger partial charge on any atom is -0.477 e. The number of aromatic nitrogens is 1. The molecule has 0 amide bonds. The summed E-state index contributed by atoms with van der Waals surface area (Å²) in [6.45, 7) is 5.89. The van der Waals surface area contributed by atoms with Gasteiger partial charge in [-0.05, 0) is 37.2 Å². The summed E-state index contributed by atoms with van der Waals surface area (Å²) in [5.74, 6) is -1.18. The zero-order valence-corrected chi connectivity index (χ0v) is 13.5. The highest BCUT2D eigenvalue weighted by atomic mass is 16.4. The summed E-state index contributed by atoms with van der Waals surface area (Å²) in [5.41, 5.74) is 2.09. The number of aromatic carboxylic acids is 1. The van der Waals surface area contributed by atoms with Crippen LogP contribution in [0.3, 0.4) is 0 Å². The number of rotatable bonds is 3. The van der Waals surface area contributed by atoms with Gasteiger partial charge in [0.1, 0.15) is 5.56 Å². The SMILES string of the molecule is CCc1cc(C(=O)O)c(=O)n2ccc(N3CCN(C)CC3)cc12. The van der Waals surface area contributed by atoms with Crippen LogP contribution in [-0.4, -0.2) is 53.6 Å². The molecular formula is C17H21N3O3. The van der Waals surface area contributed by atoms with Gasteiger partial charge in [0.25, 0.3) is 5.56 Å². The van der Waals surface area contributed by atoms with E-state index in [2.05, 4.69) is 16.8 Å². The minimum absolute atomic E-state index is 0.174. The Labute approximate surface area is 134 Å². The van der Waals surface area contributed by atoms with Crippen LogP contribution in [0.5, 0.6) is 0 Å². The second kappa shape index (κ2) is 6.04. The van der Waals surface area contributed by atoms with Crippen molar-refractivity contribution in [3.63, 3.8) is 0 Å². The number of anilines is 1. The molecule has 6 heteroatoms. The predicted octanol–water partition coefficient (Wildman–Crippen LogP) is 1.31. The fourth-order valence-electron chi connectivity index (χ4n) is 3.05. The highest BCUT2D eigenvalue weighted by molar-refractivity contribution is 5.88. The summed E-state index contributed by atoms with van der Waals surface area (Å²) in [6, 6.07) is 5.40. The number of nitrogens with zero attached hydrogens (tertiary/aromatic N) is 3. The highest BCUT2D eigenvalue weighted by Gasteiger charge is 2.17. The van der Waals surface area contributed by atoms with E-state index in [9.17, 15) is 14.7 Å². The zero-order valence-electron chi connectivity index (χ0n) is 13.5. The van der Waals surface area contributed by atoms with Crippen molar-refractivity contribution in [2.45, 2.75) is 13.3 Å². The molecule has 1 saturated heterocycles. The van der Waals surface area contributed by atoms with Crippen LogP contribution in [-0.2, 0) is 6.42 Å². The summed E-state index contributed by atoms with van der Waals surface area (Å²) in [6.07, 6.45) is 2.37. The lowest BCUT2D eigenvalue weighted by atomic mass is 10.1. The first-order valence-corrected chi connectivity index (χ1v) is 7.86. The van der Waals surface area contributed by atoms with Gasteiger partial charge in [-0.15, -0.1) is 0 Å². The molecular weight excluding hydrogens is 294 g/mol. The summed E-state index contributed by atoms with van der Waals surface area (Å²) in [4.78, 5) is 28.2. The first-order valence-electron chi connectivity index (χ1n) is 7.86. The number of fused-ring (bicyclic) bond motifs is 1. The standard InChI is InChI=1S/C17H21N3O3/c1-3-12-10-14(17(22)23)16(21)20-5-4-13(11-15(12)20)19-8-6-18(2)7-9-19/h4-5,10-11H,3,6-9H2,1-2H3,(H,22,23). The van der Waals surface area contributed by atoms with Crippen LogP contribution in [0.2, 0.25) is 0 Å². The molecule has 3 rings (SSSR count). The van der Waals surface area contributed by atoms with Crippen LogP contribution < -0.4 is 10.5 Å². The Morgan fingerprint density at radius 3 is 2.52 bits per heavy atom. The summed E-state index contributed by atoms with van der Waals surface area (Å²) < 4.78 is 1.45. The Kier molecular flexibility index (Phi) is 4.09. The normalized spacial score (nSPS) is 16.0. The number of carboxylic acid groups (broad SMARTS) is 1. The monoisotopic (exact) mass is 315 g/mol. The Bertz CT molecular complexity index is 805. The van der Waals surface area contributed by atoms with E-state index in [0.29, 0.717) is 6.42 Å². The first kappa shape index (κ1) is 15.6. The average Bonchev–Trinajstić information content (AvgIpc) is 2.55. The maximum Gasteiger partial charge on any atom is 0.341 e. The third-order valence-corrected chi connectivity index (χ3v) is 4.52. The molecule has 0 aliphatic carbocycles. The van der Waals surface area contributed by atoms with E-state index in [1.165, 1.54) is 10.5 Å². The van der Waals surface area contributed by atoms with Gasteiger partial charge in [0.2, 0.25) is 0 Å². The Balaban J connectivity index is 2.11. The van der Waals surface area contributed by atoms with Gasteiger partial charge < -0.3 is 14.9 Å². The van der Waals surface area contributed by atoms with E-state index in [1.807, 2.05) is 19.1 Å². The van der Waals surface area contributed by atoms with Crippen molar-refractivity contribution in [3.8, 4) is 0 Å². The quantitative estimate of drug-likeness (QED) is 0.925. The molecule has 1 N–H and O–H groups in total. The number of piperazine rings is 1. The molecule has 6 nitrogen and oxygen atoms in total. The molecule has 0 atom stereocenters. The van der Waals surface area contributed by atoms with Gasteiger partial charge in [0.05, 0.1) is 5.52 Å². The van der Waals surface area contributed by atoms with E-state index in [1.54, 1.807) is 6.20 Å². The third kappa shape index (κ3) is 2.82. The van der Waals surface area contributed by atoms with E-state index in [4.69, 9.17) is 0 Å². The molecule has 23 heavy (non-hydrogen) atoms. The molecule has 1 aliphatic heterocycles. The predicted molar refractivity (Wildman–Crippen MR) is 89.7 cm³/mol. The number of carbonyl (C=O) groups is 1. The topological polar surface area (TPSA) is 65.3 Å². The number of pyridine rings is 2. The number of hydrogen-bond donors (Lipinski definition) is 1. The van der Waals surface area contributed by atoms with Crippen molar-refractivity contribution in [1.29, 1.82) is 0 Å². The number of hydrogen-bond acceptors (Lipinski definition) is 4. The average molecular weight is 315 g/mol. The van der Waals surface area contributed by atoms with Crippen molar-refractivity contribution in [2.24, 2.45) is 0 Å². The Hall–Kier alpha value is -2.34. The summed E-state index contributed by atoms with van der Waals surface area (Å²) in [5, 5.41) is 9.20. The molecule has 2 aromatic heterocycles. The number of likely N-dealkylation sites (N-methyl/N-ethyl adjacent to an activating group) is 1. The Morgan fingerprint density at radius 2 is 1.91 bits per heavy atom. The second-order valence-corrected chi connectivity index (χ2v) is 5.98. The molecule has 3 heterocycles. The maximum atomic E-state index is 12.3. The summed E-state index contributed by atoms with van der Waals surface area (Å²) >= 11 is 0. The highest BCUT2D eigenvalue weighted by Crippen LogP contribution is 2.21. The number of carboxylic acids is 1. The molecule has 0 bridgehead atoms. The van der Waals surface area contributed by atoms with E-state index >= 15 is 0 Å². The molecule has 2 aromatic rings. The van der Waals surface area contributed by atoms with Crippen LogP contribution in [0.15, 0.2) is 29.2 Å². The van der Waals surface area contributed by atoms with Gasteiger partial charge in [-0.1, -0.05) is 6.92 Å². The van der Waals surface area contributed by atoms with Crippen LogP contribution in [0.4, 0.5) is 5.69 Å². The molecule has 1 fully saturated rings. The lowest BCUT2D eigenvalue weighted by Crippen LogP contribution is -2.44. The van der Waals surface area contributed by atoms with Crippen molar-refractivity contribution >= 4 is 17.2 Å². The van der Waals surface area contributed by atoms with Crippen molar-refractivity contribution in [3.05, 3.63) is 45.9 Å². The van der Waals surface area contributed by atoms with E-state index in [-0.39, 0.29) is 5.56 Å². The Morgan fingerprint density at radius 1 is 1.22 bits per heavy atom. The van der Waals surface area contributed by atoms with E-state index in [0.717, 1.165) is 42.9 Å². The van der Waals surface area contributed by atoms with Crippen LogP contribution >= 0.6 is 0 Å². The second-order valence-electron chi connectivity index (χ2n) is 5.98. The largest absolute Gasteiger partial charge is 0.477 e. The lowest BCUT2D eigenvalue weighted by molar-refractivity contribution is 0.0694. The molecule has 122 valence electrons. The maximum absolute atomic E-state index is 12.3. The van der Waals surface area contributed by atoms with Gasteiger partial charge in [-0.25, -0.2) is 4.79 Å². The first-order chi connectivity index (χ1) is 11.0. The van der Waals surface area contributed by atoms with Crippen LogP contribution in [0, 0.1) is 0 Å². The molecule has 0 unspecified atom stereocenters. The van der Waals surface area contributed by atoms with Crippen molar-refractivity contribution in [2.75, 3.05) is 38.1 Å². The van der Waals surface area contributed by atoms with Crippen LogP contribution in [0.1, 0.15) is 22.8 Å². The lowest BCUT2D eigenvalue weighted by Gasteiger charge is -2.34. The molecule has 0 aromatic carbocycles. The van der Waals surface area contributed by atoms with Gasteiger partial charge in [0.15, 0.2) is 0 Å². The third-order valence-electron chi connectivity index (χ3n) is 4.52. The molecule has 0 spiro atoms. The van der Waals surface area contributed by atoms with Gasteiger partial charge in [-0.2, -0.15) is 0 Å². The molecule has 0 radical (unpaired) electrons. The minimum atomic E-state index is -1.18. The fourth-order valence-corrected chi connectivity index (χ4v) is 3.05. The van der Waals surface area contributed by atoms with Gasteiger partial charge in [0, 0.05) is 38.1 Å². The summed E-state index contributed by atoms with van der Waals surface area (Å²) in [7, 11) is 2.11. The van der Waals surface area contributed by atoms with Crippen LogP contribution in [0.25, 0.3) is 5.52 Å². The zero-order chi connectivity index (χ0) is 16.6. The molecule has 1 aliphatic rings. The van der Waals surface area contributed by atoms with E-state index < -0.39 is 11.5 Å². The van der Waals surface area contributed by atoms with Crippen molar-refractivity contribution < 1.29 is 9.90 Å². The van der Waals surface area contributed by atoms with Gasteiger partial charge in [-0.3, -0.25) is 9.20 Å². The van der Waals surface area contributed by atoms with Crippen molar-refractivity contribution in [1.82, 2.24) is 9.30 Å². The fraction of sp³-hybridized carbons (Fsp3) is 0.412. The van der Waals surface area contributed by atoms with Gasteiger partial charge >= 0.3 is 5.97 Å². The number of aryl methyl sites for hydroxylation is 1.